The Balaban J connectivity index is 2.33. The van der Waals surface area contributed by atoms with E-state index >= 15 is 0 Å². The van der Waals surface area contributed by atoms with Crippen LogP contribution in [0.4, 0.5) is 11.4 Å². The van der Waals surface area contributed by atoms with Crippen molar-refractivity contribution in [2.75, 3.05) is 23.0 Å². The third kappa shape index (κ3) is 4.76. The van der Waals surface area contributed by atoms with Crippen molar-refractivity contribution < 1.29 is 17.9 Å². The van der Waals surface area contributed by atoms with Gasteiger partial charge in [-0.2, -0.15) is 0 Å². The lowest BCUT2D eigenvalue weighted by Gasteiger charge is -2.30. The van der Waals surface area contributed by atoms with Crippen LogP contribution in [0.2, 0.25) is 0 Å². The number of nitrogens with one attached hydrogen (secondary N) is 1. The second-order valence-corrected chi connectivity index (χ2v) is 7.90. The van der Waals surface area contributed by atoms with E-state index in [4.69, 9.17) is 4.74 Å². The summed E-state index contributed by atoms with van der Waals surface area (Å²) in [5.41, 5.74) is 1.97. The molecule has 2 aromatic rings. The Hall–Kier alpha value is -2.54. The maximum Gasteiger partial charge on any atom is 0.248 e. The van der Waals surface area contributed by atoms with Crippen LogP contribution in [0.5, 0.6) is 5.75 Å². The molecule has 0 aromatic heterocycles. The molecule has 0 bridgehead atoms. The number of amides is 1. The van der Waals surface area contributed by atoms with Crippen LogP contribution < -0.4 is 14.4 Å². The van der Waals surface area contributed by atoms with Gasteiger partial charge in [0.15, 0.2) is 0 Å². The van der Waals surface area contributed by atoms with Gasteiger partial charge >= 0.3 is 0 Å². The number of nitrogens with zero attached hydrogens (tertiary/aromatic N) is 1. The summed E-state index contributed by atoms with van der Waals surface area (Å²) in [7, 11) is -2.08. The van der Waals surface area contributed by atoms with Gasteiger partial charge in [-0.3, -0.25) is 9.10 Å². The highest BCUT2D eigenvalue weighted by Gasteiger charge is 2.31. The molecule has 0 aliphatic carbocycles. The first-order chi connectivity index (χ1) is 12.3. The Morgan fingerprint density at radius 3 is 2.35 bits per heavy atom. The molecule has 7 heteroatoms. The third-order valence-electron chi connectivity index (χ3n) is 3.94. The summed E-state index contributed by atoms with van der Waals surface area (Å²) in [5.74, 6) is 0.289. The van der Waals surface area contributed by atoms with Crippen LogP contribution in [0.1, 0.15) is 18.9 Å². The van der Waals surface area contributed by atoms with E-state index in [2.05, 4.69) is 5.32 Å². The number of carbonyl (C=O) groups is 1. The van der Waals surface area contributed by atoms with E-state index < -0.39 is 16.1 Å². The molecule has 140 valence electrons. The average Bonchev–Trinajstić information content (AvgIpc) is 2.58. The van der Waals surface area contributed by atoms with Gasteiger partial charge in [0.1, 0.15) is 11.8 Å². The summed E-state index contributed by atoms with van der Waals surface area (Å²) in [4.78, 5) is 12.8. The monoisotopic (exact) mass is 376 g/mol. The van der Waals surface area contributed by atoms with Crippen molar-refractivity contribution >= 4 is 27.3 Å². The van der Waals surface area contributed by atoms with E-state index in [9.17, 15) is 13.2 Å². The number of hydrogen-bond donors (Lipinski definition) is 1. The summed E-state index contributed by atoms with van der Waals surface area (Å²) >= 11 is 0. The zero-order valence-electron chi connectivity index (χ0n) is 15.4. The third-order valence-corrected chi connectivity index (χ3v) is 5.12. The molecule has 0 heterocycles. The number of hydrogen-bond acceptors (Lipinski definition) is 4. The van der Waals surface area contributed by atoms with E-state index in [0.717, 1.165) is 11.8 Å². The second kappa shape index (κ2) is 8.23. The standard InChI is InChI=1S/C19H24N2O4S/c1-5-18(19(22)20-15-9-11-17(25-3)12-10-15)21(26(4,23)24)16-8-6-7-14(2)13-16/h6-13,18H,5H2,1-4H3,(H,20,22). The molecule has 1 atom stereocenters. The Kier molecular flexibility index (Phi) is 6.26. The number of rotatable bonds is 7. The average molecular weight is 376 g/mol. The summed E-state index contributed by atoms with van der Waals surface area (Å²) in [6.45, 7) is 3.66. The summed E-state index contributed by atoms with van der Waals surface area (Å²) in [5, 5.41) is 2.78. The minimum atomic E-state index is -3.64. The molecule has 0 spiro atoms. The maximum atomic E-state index is 12.8. The van der Waals surface area contributed by atoms with Gasteiger partial charge in [0.05, 0.1) is 19.1 Å². The van der Waals surface area contributed by atoms with Gasteiger partial charge in [-0.15, -0.1) is 0 Å². The predicted molar refractivity (Wildman–Crippen MR) is 104 cm³/mol. The van der Waals surface area contributed by atoms with E-state index in [1.807, 2.05) is 13.0 Å². The van der Waals surface area contributed by atoms with E-state index in [-0.39, 0.29) is 5.91 Å². The summed E-state index contributed by atoms with van der Waals surface area (Å²) < 4.78 is 31.1. The lowest BCUT2D eigenvalue weighted by molar-refractivity contribution is -0.117. The van der Waals surface area contributed by atoms with Gasteiger partial charge in [-0.05, 0) is 55.3 Å². The van der Waals surface area contributed by atoms with Crippen molar-refractivity contribution in [1.29, 1.82) is 0 Å². The lowest BCUT2D eigenvalue weighted by Crippen LogP contribution is -2.47. The fourth-order valence-corrected chi connectivity index (χ4v) is 3.93. The van der Waals surface area contributed by atoms with Crippen LogP contribution in [0.25, 0.3) is 0 Å². The molecule has 1 unspecified atom stereocenters. The molecule has 0 aliphatic heterocycles. The number of aryl methyl sites for hydroxylation is 1. The number of methoxy groups -OCH3 is 1. The molecule has 0 saturated carbocycles. The molecule has 0 saturated heterocycles. The molecular formula is C19H24N2O4S. The molecule has 0 fully saturated rings. The van der Waals surface area contributed by atoms with Crippen LogP contribution >= 0.6 is 0 Å². The van der Waals surface area contributed by atoms with Gasteiger partial charge in [-0.1, -0.05) is 19.1 Å². The Morgan fingerprint density at radius 1 is 1.19 bits per heavy atom. The van der Waals surface area contributed by atoms with Crippen molar-refractivity contribution in [3.8, 4) is 5.75 Å². The largest absolute Gasteiger partial charge is 0.497 e. The van der Waals surface area contributed by atoms with Crippen LogP contribution in [0, 0.1) is 6.92 Å². The Bertz CT molecular complexity index is 863. The fraction of sp³-hybridized carbons (Fsp3) is 0.316. The minimum Gasteiger partial charge on any atom is -0.497 e. The van der Waals surface area contributed by atoms with Gasteiger partial charge in [0, 0.05) is 5.69 Å². The zero-order chi connectivity index (χ0) is 19.3. The van der Waals surface area contributed by atoms with Gasteiger partial charge < -0.3 is 10.1 Å². The Labute approximate surface area is 154 Å². The second-order valence-electron chi connectivity index (χ2n) is 6.04. The molecule has 1 amide bonds. The van der Waals surface area contributed by atoms with Crippen molar-refractivity contribution in [3.05, 3.63) is 54.1 Å². The van der Waals surface area contributed by atoms with Crippen molar-refractivity contribution in [3.63, 3.8) is 0 Å². The van der Waals surface area contributed by atoms with Crippen molar-refractivity contribution in [2.24, 2.45) is 0 Å². The number of benzene rings is 2. The highest BCUT2D eigenvalue weighted by Crippen LogP contribution is 2.24. The van der Waals surface area contributed by atoms with E-state index in [1.54, 1.807) is 56.5 Å². The maximum absolute atomic E-state index is 12.8. The summed E-state index contributed by atoms with van der Waals surface area (Å²) in [6.07, 6.45) is 1.45. The smallest absolute Gasteiger partial charge is 0.248 e. The Morgan fingerprint density at radius 2 is 1.85 bits per heavy atom. The first-order valence-electron chi connectivity index (χ1n) is 8.27. The van der Waals surface area contributed by atoms with Gasteiger partial charge in [0.25, 0.3) is 0 Å². The van der Waals surface area contributed by atoms with Crippen molar-refractivity contribution in [2.45, 2.75) is 26.3 Å². The van der Waals surface area contributed by atoms with Crippen LogP contribution in [0.3, 0.4) is 0 Å². The molecule has 26 heavy (non-hydrogen) atoms. The molecule has 2 rings (SSSR count). The number of sulfonamides is 1. The highest BCUT2D eigenvalue weighted by molar-refractivity contribution is 7.92. The molecule has 0 radical (unpaired) electrons. The summed E-state index contributed by atoms with van der Waals surface area (Å²) in [6, 6.07) is 13.1. The predicted octanol–water partition coefficient (Wildman–Crippen LogP) is 3.19. The lowest BCUT2D eigenvalue weighted by atomic mass is 10.1. The fourth-order valence-electron chi connectivity index (χ4n) is 2.73. The minimum absolute atomic E-state index is 0.336. The van der Waals surface area contributed by atoms with Crippen molar-refractivity contribution in [1.82, 2.24) is 0 Å². The normalized spacial score (nSPS) is 12.3. The van der Waals surface area contributed by atoms with Crippen LogP contribution in [-0.2, 0) is 14.8 Å². The van der Waals surface area contributed by atoms with Crippen LogP contribution in [-0.4, -0.2) is 33.7 Å². The van der Waals surface area contributed by atoms with Gasteiger partial charge in [-0.25, -0.2) is 8.42 Å². The molecule has 0 aliphatic rings. The highest BCUT2D eigenvalue weighted by atomic mass is 32.2. The van der Waals surface area contributed by atoms with E-state index in [1.165, 1.54) is 4.31 Å². The van der Waals surface area contributed by atoms with Crippen LogP contribution in [0.15, 0.2) is 48.5 Å². The zero-order valence-corrected chi connectivity index (χ0v) is 16.2. The number of anilines is 2. The first-order valence-corrected chi connectivity index (χ1v) is 10.1. The molecule has 1 N–H and O–H groups in total. The quantitative estimate of drug-likeness (QED) is 0.805. The molecule has 6 nitrogen and oxygen atoms in total. The number of carbonyl (C=O) groups excluding carboxylic acids is 1. The molecule has 2 aromatic carbocycles. The van der Waals surface area contributed by atoms with E-state index in [0.29, 0.717) is 23.5 Å². The molecular weight excluding hydrogens is 352 g/mol. The first kappa shape index (κ1) is 19.8. The SMILES string of the molecule is CCC(C(=O)Nc1ccc(OC)cc1)N(c1cccc(C)c1)S(C)(=O)=O. The van der Waals surface area contributed by atoms with Gasteiger partial charge in [0.2, 0.25) is 15.9 Å². The number of ether oxygens (including phenoxy) is 1. The topological polar surface area (TPSA) is 75.7 Å².